The van der Waals surface area contributed by atoms with Gasteiger partial charge in [0.1, 0.15) is 0 Å². The first-order valence-corrected chi connectivity index (χ1v) is 7.29. The number of nitrogens with one attached hydrogen (secondary N) is 3. The number of hydrogen-bond donors (Lipinski definition) is 3. The maximum Gasteiger partial charge on any atom is 0.170 e. The maximum absolute atomic E-state index is 4.72. The van der Waals surface area contributed by atoms with Crippen LogP contribution in [-0.4, -0.2) is 41.1 Å². The van der Waals surface area contributed by atoms with Gasteiger partial charge in [0.2, 0.25) is 0 Å². The molecule has 1 aliphatic rings. The highest BCUT2D eigenvalue weighted by Gasteiger charge is 2.16. The standard InChI is InChI=1S/C15H20N6/c1-16-14-15(20-12-3-2-6-18-9-12)21-13(10-19-14)11-4-7-17-8-5-11/h4-5,7-8,10,12,18H,2-3,6,9H2,1H3,(H,16,19)(H,20,21). The van der Waals surface area contributed by atoms with E-state index in [4.69, 9.17) is 4.98 Å². The minimum Gasteiger partial charge on any atom is -0.370 e. The van der Waals surface area contributed by atoms with Crippen LogP contribution in [0.5, 0.6) is 0 Å². The lowest BCUT2D eigenvalue weighted by atomic mass is 10.1. The monoisotopic (exact) mass is 284 g/mol. The maximum atomic E-state index is 4.72. The van der Waals surface area contributed by atoms with E-state index in [-0.39, 0.29) is 0 Å². The van der Waals surface area contributed by atoms with E-state index in [1.54, 1.807) is 18.6 Å². The summed E-state index contributed by atoms with van der Waals surface area (Å²) < 4.78 is 0. The second kappa shape index (κ2) is 6.49. The molecule has 1 fully saturated rings. The van der Waals surface area contributed by atoms with Gasteiger partial charge in [0.25, 0.3) is 0 Å². The van der Waals surface area contributed by atoms with Gasteiger partial charge >= 0.3 is 0 Å². The molecule has 0 aromatic carbocycles. The number of rotatable bonds is 4. The van der Waals surface area contributed by atoms with Gasteiger partial charge in [-0.1, -0.05) is 0 Å². The molecule has 1 saturated heterocycles. The zero-order valence-corrected chi connectivity index (χ0v) is 12.1. The van der Waals surface area contributed by atoms with Gasteiger partial charge in [0.15, 0.2) is 11.6 Å². The van der Waals surface area contributed by atoms with Crippen LogP contribution in [-0.2, 0) is 0 Å². The van der Waals surface area contributed by atoms with Gasteiger partial charge in [-0.15, -0.1) is 0 Å². The molecule has 0 saturated carbocycles. The summed E-state index contributed by atoms with van der Waals surface area (Å²) in [7, 11) is 1.86. The molecular formula is C15H20N6. The van der Waals surface area contributed by atoms with Crippen molar-refractivity contribution in [1.29, 1.82) is 0 Å². The van der Waals surface area contributed by atoms with Crippen molar-refractivity contribution >= 4 is 11.6 Å². The molecule has 0 spiro atoms. The summed E-state index contributed by atoms with van der Waals surface area (Å²) in [6.07, 6.45) is 7.65. The van der Waals surface area contributed by atoms with Gasteiger partial charge in [-0.3, -0.25) is 4.98 Å². The van der Waals surface area contributed by atoms with Crippen molar-refractivity contribution in [3.8, 4) is 11.3 Å². The van der Waals surface area contributed by atoms with Crippen molar-refractivity contribution in [3.05, 3.63) is 30.7 Å². The predicted octanol–water partition coefficient (Wildman–Crippen LogP) is 1.74. The number of anilines is 2. The van der Waals surface area contributed by atoms with E-state index < -0.39 is 0 Å². The fraction of sp³-hybridized carbons (Fsp3) is 0.400. The number of hydrogen-bond acceptors (Lipinski definition) is 6. The number of piperidine rings is 1. The van der Waals surface area contributed by atoms with Gasteiger partial charge in [-0.25, -0.2) is 9.97 Å². The van der Waals surface area contributed by atoms with Crippen LogP contribution in [0.4, 0.5) is 11.6 Å². The summed E-state index contributed by atoms with van der Waals surface area (Å²) >= 11 is 0. The Hall–Kier alpha value is -2.21. The van der Waals surface area contributed by atoms with Crippen molar-refractivity contribution in [2.24, 2.45) is 0 Å². The molecule has 1 aliphatic heterocycles. The van der Waals surface area contributed by atoms with E-state index in [0.717, 1.165) is 42.4 Å². The first kappa shape index (κ1) is 13.8. The van der Waals surface area contributed by atoms with Gasteiger partial charge in [-0.2, -0.15) is 0 Å². The van der Waals surface area contributed by atoms with Gasteiger partial charge in [0.05, 0.1) is 11.9 Å². The van der Waals surface area contributed by atoms with E-state index in [2.05, 4.69) is 25.9 Å². The topological polar surface area (TPSA) is 74.8 Å². The summed E-state index contributed by atoms with van der Waals surface area (Å²) in [6, 6.07) is 4.28. The molecule has 2 aromatic rings. The highest BCUT2D eigenvalue weighted by atomic mass is 15.1. The first-order valence-electron chi connectivity index (χ1n) is 7.29. The Balaban J connectivity index is 1.86. The summed E-state index contributed by atoms with van der Waals surface area (Å²) in [6.45, 7) is 2.06. The van der Waals surface area contributed by atoms with Crippen molar-refractivity contribution in [3.63, 3.8) is 0 Å². The predicted molar refractivity (Wildman–Crippen MR) is 84.3 cm³/mol. The quantitative estimate of drug-likeness (QED) is 0.794. The van der Waals surface area contributed by atoms with Crippen molar-refractivity contribution in [2.75, 3.05) is 30.8 Å². The molecule has 6 nitrogen and oxygen atoms in total. The molecule has 110 valence electrons. The third-order valence-corrected chi connectivity index (χ3v) is 3.62. The van der Waals surface area contributed by atoms with Gasteiger partial charge < -0.3 is 16.0 Å². The lowest BCUT2D eigenvalue weighted by molar-refractivity contribution is 0.479. The largest absolute Gasteiger partial charge is 0.370 e. The highest BCUT2D eigenvalue weighted by molar-refractivity contribution is 5.66. The van der Waals surface area contributed by atoms with E-state index in [1.165, 1.54) is 6.42 Å². The average molecular weight is 284 g/mol. The molecule has 1 atom stereocenters. The van der Waals surface area contributed by atoms with Crippen LogP contribution in [0.15, 0.2) is 30.7 Å². The van der Waals surface area contributed by atoms with Crippen LogP contribution in [0.2, 0.25) is 0 Å². The third-order valence-electron chi connectivity index (χ3n) is 3.62. The molecular weight excluding hydrogens is 264 g/mol. The van der Waals surface area contributed by atoms with Gasteiger partial charge in [-0.05, 0) is 31.5 Å². The second-order valence-electron chi connectivity index (χ2n) is 5.13. The lowest BCUT2D eigenvalue weighted by Crippen LogP contribution is -2.38. The van der Waals surface area contributed by atoms with Gasteiger partial charge in [0, 0.05) is 37.6 Å². The van der Waals surface area contributed by atoms with Crippen LogP contribution in [0, 0.1) is 0 Å². The number of nitrogens with zero attached hydrogens (tertiary/aromatic N) is 3. The van der Waals surface area contributed by atoms with Crippen LogP contribution in [0.1, 0.15) is 12.8 Å². The Bertz CT molecular complexity index is 580. The first-order chi connectivity index (χ1) is 10.4. The molecule has 0 bridgehead atoms. The molecule has 21 heavy (non-hydrogen) atoms. The van der Waals surface area contributed by atoms with Crippen LogP contribution in [0.25, 0.3) is 11.3 Å². The van der Waals surface area contributed by atoms with Crippen molar-refractivity contribution in [1.82, 2.24) is 20.3 Å². The number of pyridine rings is 1. The summed E-state index contributed by atoms with van der Waals surface area (Å²) in [4.78, 5) is 13.2. The van der Waals surface area contributed by atoms with E-state index >= 15 is 0 Å². The average Bonchev–Trinajstić information content (AvgIpc) is 2.56. The molecule has 1 unspecified atom stereocenters. The lowest BCUT2D eigenvalue weighted by Gasteiger charge is -2.25. The fourth-order valence-electron chi connectivity index (χ4n) is 2.50. The zero-order chi connectivity index (χ0) is 14.5. The Morgan fingerprint density at radius 2 is 2.10 bits per heavy atom. The minimum atomic E-state index is 0.396. The van der Waals surface area contributed by atoms with Crippen LogP contribution < -0.4 is 16.0 Å². The van der Waals surface area contributed by atoms with Crippen LogP contribution >= 0.6 is 0 Å². The van der Waals surface area contributed by atoms with E-state index in [0.29, 0.717) is 6.04 Å². The summed E-state index contributed by atoms with van der Waals surface area (Å²) in [5, 5.41) is 9.99. The SMILES string of the molecule is CNc1ncc(-c2ccncc2)nc1NC1CCCNC1. The minimum absolute atomic E-state index is 0.396. The number of aromatic nitrogens is 3. The van der Waals surface area contributed by atoms with Crippen LogP contribution in [0.3, 0.4) is 0 Å². The summed E-state index contributed by atoms with van der Waals surface area (Å²) in [5.74, 6) is 1.58. The molecule has 6 heteroatoms. The fourth-order valence-corrected chi connectivity index (χ4v) is 2.50. The Morgan fingerprint density at radius 1 is 1.24 bits per heavy atom. The van der Waals surface area contributed by atoms with E-state index in [9.17, 15) is 0 Å². The molecule has 0 amide bonds. The van der Waals surface area contributed by atoms with Crippen molar-refractivity contribution < 1.29 is 0 Å². The Labute approximate surface area is 124 Å². The zero-order valence-electron chi connectivity index (χ0n) is 12.1. The summed E-state index contributed by atoms with van der Waals surface area (Å²) in [5.41, 5.74) is 1.87. The second-order valence-corrected chi connectivity index (χ2v) is 5.13. The van der Waals surface area contributed by atoms with Crippen molar-refractivity contribution in [2.45, 2.75) is 18.9 Å². The third kappa shape index (κ3) is 3.28. The molecule has 3 N–H and O–H groups in total. The molecule has 3 heterocycles. The Morgan fingerprint density at radius 3 is 2.81 bits per heavy atom. The van der Waals surface area contributed by atoms with E-state index in [1.807, 2.05) is 19.2 Å². The smallest absolute Gasteiger partial charge is 0.170 e. The Kier molecular flexibility index (Phi) is 4.25. The molecule has 3 rings (SSSR count). The molecule has 2 aromatic heterocycles. The molecule has 0 radical (unpaired) electrons. The normalized spacial score (nSPS) is 18.2. The molecule has 0 aliphatic carbocycles. The highest BCUT2D eigenvalue weighted by Crippen LogP contribution is 2.23.